The zero-order valence-corrected chi connectivity index (χ0v) is 21.0. The van der Waals surface area contributed by atoms with Gasteiger partial charge in [-0.15, -0.1) is 11.3 Å². The summed E-state index contributed by atoms with van der Waals surface area (Å²) in [5.41, 5.74) is 0.217. The number of fused-ring (bicyclic) bond motifs is 1. The van der Waals surface area contributed by atoms with Crippen LogP contribution in [0.4, 0.5) is 4.79 Å². The van der Waals surface area contributed by atoms with Crippen LogP contribution >= 0.6 is 11.3 Å². The van der Waals surface area contributed by atoms with E-state index in [4.69, 9.17) is 4.42 Å². The highest BCUT2D eigenvalue weighted by Gasteiger charge is 2.53. The summed E-state index contributed by atoms with van der Waals surface area (Å²) in [5, 5.41) is 6.41. The lowest BCUT2D eigenvalue weighted by Crippen LogP contribution is -2.51. The molecule has 4 amide bonds. The van der Waals surface area contributed by atoms with Gasteiger partial charge in [0.15, 0.2) is 10.8 Å². The molecule has 1 aliphatic carbocycles. The fraction of sp³-hybridized carbons (Fsp3) is 0.462. The number of hydrogen-bond acceptors (Lipinski definition) is 6. The first-order valence-electron chi connectivity index (χ1n) is 12.0. The van der Waals surface area contributed by atoms with E-state index in [9.17, 15) is 14.4 Å². The molecule has 1 saturated heterocycles. The van der Waals surface area contributed by atoms with E-state index in [1.807, 2.05) is 30.3 Å². The highest BCUT2D eigenvalue weighted by molar-refractivity contribution is 7.21. The number of rotatable bonds is 5. The molecule has 3 aromatic rings. The predicted octanol–water partition coefficient (Wildman–Crippen LogP) is 4.70. The Morgan fingerprint density at radius 3 is 2.66 bits per heavy atom. The van der Waals surface area contributed by atoms with Crippen molar-refractivity contribution in [2.24, 2.45) is 11.3 Å². The average molecular weight is 495 g/mol. The van der Waals surface area contributed by atoms with E-state index < -0.39 is 17.5 Å². The van der Waals surface area contributed by atoms with E-state index in [0.717, 1.165) is 33.0 Å². The standard InChI is InChI=1S/C26H30N4O4S/c1-25(2,3)16-10-12-26(13-11-16)23(32)30(24(33)29-26)15-21(31)27-14-17-8-9-19(34-17)22-28-18-6-4-5-7-20(18)35-22/h4-9,16H,10-15H2,1-3H3,(H,27,31)(H,29,33). The van der Waals surface area contributed by atoms with E-state index >= 15 is 0 Å². The van der Waals surface area contributed by atoms with Crippen molar-refractivity contribution >= 4 is 39.4 Å². The van der Waals surface area contributed by atoms with Crippen molar-refractivity contribution in [3.8, 4) is 10.8 Å². The predicted molar refractivity (Wildman–Crippen MR) is 134 cm³/mol. The Kier molecular flexibility index (Phi) is 5.91. The van der Waals surface area contributed by atoms with E-state index in [1.165, 1.54) is 0 Å². The molecule has 1 spiro atoms. The topological polar surface area (TPSA) is 105 Å². The lowest BCUT2D eigenvalue weighted by molar-refractivity contribution is -0.136. The number of nitrogens with zero attached hydrogens (tertiary/aromatic N) is 2. The minimum absolute atomic E-state index is 0.159. The Morgan fingerprint density at radius 2 is 1.94 bits per heavy atom. The Labute approximate surface area is 208 Å². The van der Waals surface area contributed by atoms with Gasteiger partial charge < -0.3 is 15.1 Å². The number of amides is 4. The van der Waals surface area contributed by atoms with Gasteiger partial charge >= 0.3 is 6.03 Å². The summed E-state index contributed by atoms with van der Waals surface area (Å²) in [6, 6.07) is 11.0. The molecule has 2 aromatic heterocycles. The fourth-order valence-electron chi connectivity index (χ4n) is 5.09. The van der Waals surface area contributed by atoms with Crippen LogP contribution < -0.4 is 10.6 Å². The number of para-hydroxylation sites is 1. The first-order chi connectivity index (χ1) is 16.6. The van der Waals surface area contributed by atoms with Crippen molar-refractivity contribution < 1.29 is 18.8 Å². The van der Waals surface area contributed by atoms with Crippen molar-refractivity contribution in [3.63, 3.8) is 0 Å². The number of hydrogen-bond donors (Lipinski definition) is 2. The van der Waals surface area contributed by atoms with E-state index in [2.05, 4.69) is 36.4 Å². The molecule has 8 nitrogen and oxygen atoms in total. The smallest absolute Gasteiger partial charge is 0.325 e. The van der Waals surface area contributed by atoms with E-state index in [1.54, 1.807) is 17.4 Å². The summed E-state index contributed by atoms with van der Waals surface area (Å²) in [6.07, 6.45) is 2.98. The molecule has 3 heterocycles. The van der Waals surface area contributed by atoms with Crippen LogP contribution in [0.1, 0.15) is 52.2 Å². The highest BCUT2D eigenvalue weighted by atomic mass is 32.1. The maximum absolute atomic E-state index is 13.1. The molecular formula is C26H30N4O4S. The van der Waals surface area contributed by atoms with Gasteiger partial charge in [0, 0.05) is 0 Å². The van der Waals surface area contributed by atoms with Gasteiger partial charge in [-0.3, -0.25) is 14.5 Å². The number of urea groups is 1. The summed E-state index contributed by atoms with van der Waals surface area (Å²) in [6.45, 7) is 6.49. The number of aromatic nitrogens is 1. The van der Waals surface area contributed by atoms with Gasteiger partial charge in [0.05, 0.1) is 16.8 Å². The molecule has 2 aliphatic rings. The molecule has 2 fully saturated rings. The van der Waals surface area contributed by atoms with Gasteiger partial charge in [0.2, 0.25) is 5.91 Å². The molecule has 1 aromatic carbocycles. The molecule has 2 N–H and O–H groups in total. The Bertz CT molecular complexity index is 1250. The molecule has 184 valence electrons. The number of nitrogens with one attached hydrogen (secondary N) is 2. The lowest BCUT2D eigenvalue weighted by atomic mass is 9.67. The third-order valence-corrected chi connectivity index (χ3v) is 8.29. The summed E-state index contributed by atoms with van der Waals surface area (Å²) in [7, 11) is 0. The summed E-state index contributed by atoms with van der Waals surface area (Å²) in [4.78, 5) is 43.9. The number of thiazole rings is 1. The molecule has 0 bridgehead atoms. The fourth-order valence-corrected chi connectivity index (χ4v) is 6.01. The number of furan rings is 1. The first-order valence-corrected chi connectivity index (χ1v) is 12.8. The first kappa shape index (κ1) is 23.5. The minimum Gasteiger partial charge on any atom is -0.457 e. The van der Waals surface area contributed by atoms with Crippen LogP contribution in [0.25, 0.3) is 21.0 Å². The van der Waals surface area contributed by atoms with Crippen LogP contribution in [-0.4, -0.2) is 39.8 Å². The van der Waals surface area contributed by atoms with Crippen LogP contribution in [0.15, 0.2) is 40.8 Å². The number of carbonyl (C=O) groups excluding carboxylic acids is 3. The van der Waals surface area contributed by atoms with Gasteiger partial charge in [-0.2, -0.15) is 0 Å². The molecule has 1 aliphatic heterocycles. The number of carbonyl (C=O) groups is 3. The molecule has 5 rings (SSSR count). The largest absolute Gasteiger partial charge is 0.457 e. The zero-order valence-electron chi connectivity index (χ0n) is 20.2. The Hall–Kier alpha value is -3.20. The van der Waals surface area contributed by atoms with Gasteiger partial charge in [0.1, 0.15) is 17.8 Å². The van der Waals surface area contributed by atoms with Crippen molar-refractivity contribution in [1.29, 1.82) is 0 Å². The van der Waals surface area contributed by atoms with Crippen LogP contribution in [0.2, 0.25) is 0 Å². The van der Waals surface area contributed by atoms with Crippen molar-refractivity contribution in [1.82, 2.24) is 20.5 Å². The third-order valence-electron chi connectivity index (χ3n) is 7.24. The molecule has 35 heavy (non-hydrogen) atoms. The van der Waals surface area contributed by atoms with Crippen LogP contribution in [0, 0.1) is 11.3 Å². The van der Waals surface area contributed by atoms with Crippen molar-refractivity contribution in [3.05, 3.63) is 42.2 Å². The maximum atomic E-state index is 13.1. The Morgan fingerprint density at radius 1 is 1.20 bits per heavy atom. The molecule has 0 radical (unpaired) electrons. The van der Waals surface area contributed by atoms with Crippen LogP contribution in [0.5, 0.6) is 0 Å². The molecule has 1 saturated carbocycles. The van der Waals surface area contributed by atoms with Gasteiger partial charge in [-0.05, 0) is 61.3 Å². The van der Waals surface area contributed by atoms with Crippen LogP contribution in [0.3, 0.4) is 0 Å². The normalized spacial score (nSPS) is 22.7. The zero-order chi connectivity index (χ0) is 24.8. The second kappa shape index (κ2) is 8.78. The van der Waals surface area contributed by atoms with Crippen molar-refractivity contribution in [2.75, 3.05) is 6.54 Å². The monoisotopic (exact) mass is 494 g/mol. The van der Waals surface area contributed by atoms with Gasteiger partial charge in [-0.1, -0.05) is 32.9 Å². The van der Waals surface area contributed by atoms with Crippen molar-refractivity contribution in [2.45, 2.75) is 58.5 Å². The quantitative estimate of drug-likeness (QED) is 0.501. The lowest BCUT2D eigenvalue weighted by Gasteiger charge is -2.40. The summed E-state index contributed by atoms with van der Waals surface area (Å²) < 4.78 is 6.94. The van der Waals surface area contributed by atoms with Gasteiger partial charge in [-0.25, -0.2) is 9.78 Å². The van der Waals surface area contributed by atoms with E-state index in [-0.39, 0.29) is 24.4 Å². The second-order valence-electron chi connectivity index (χ2n) is 10.6. The number of imide groups is 1. The SMILES string of the molecule is CC(C)(C)C1CCC2(CC1)NC(=O)N(CC(=O)NCc1ccc(-c3nc4ccccc4s3)o1)C2=O. The second-order valence-corrected chi connectivity index (χ2v) is 11.6. The molecule has 0 atom stereocenters. The third kappa shape index (κ3) is 4.57. The number of benzene rings is 1. The van der Waals surface area contributed by atoms with E-state index in [0.29, 0.717) is 30.3 Å². The molecular weight excluding hydrogens is 464 g/mol. The molecule has 9 heteroatoms. The Balaban J connectivity index is 1.17. The summed E-state index contributed by atoms with van der Waals surface area (Å²) in [5.74, 6) is 1.02. The molecule has 0 unspecified atom stereocenters. The van der Waals surface area contributed by atoms with Gasteiger partial charge in [0.25, 0.3) is 5.91 Å². The highest BCUT2D eigenvalue weighted by Crippen LogP contribution is 2.43. The maximum Gasteiger partial charge on any atom is 0.325 e. The average Bonchev–Trinajstić information content (AvgIpc) is 3.51. The minimum atomic E-state index is -0.869. The summed E-state index contributed by atoms with van der Waals surface area (Å²) >= 11 is 1.54. The van der Waals surface area contributed by atoms with Crippen LogP contribution in [-0.2, 0) is 16.1 Å².